The summed E-state index contributed by atoms with van der Waals surface area (Å²) in [5.41, 5.74) is 0.446. The van der Waals surface area contributed by atoms with Crippen LogP contribution in [0.2, 0.25) is 5.02 Å². The van der Waals surface area contributed by atoms with Gasteiger partial charge >= 0.3 is 12.0 Å². The van der Waals surface area contributed by atoms with Crippen LogP contribution in [0.25, 0.3) is 11.1 Å². The summed E-state index contributed by atoms with van der Waals surface area (Å²) in [4.78, 5) is 36.7. The Balaban J connectivity index is 1.78. The molecule has 1 heterocycles. The van der Waals surface area contributed by atoms with E-state index in [9.17, 15) is 27.9 Å². The van der Waals surface area contributed by atoms with Crippen molar-refractivity contribution in [3.05, 3.63) is 53.6 Å². The van der Waals surface area contributed by atoms with E-state index in [0.29, 0.717) is 5.02 Å². The van der Waals surface area contributed by atoms with E-state index in [1.165, 1.54) is 26.0 Å². The van der Waals surface area contributed by atoms with Gasteiger partial charge in [0.1, 0.15) is 5.54 Å². The lowest BCUT2D eigenvalue weighted by atomic mass is 10.1. The number of halogens is 1. The van der Waals surface area contributed by atoms with Crippen LogP contribution >= 0.6 is 11.6 Å². The van der Waals surface area contributed by atoms with Gasteiger partial charge in [0.25, 0.3) is 5.91 Å². The highest BCUT2D eigenvalue weighted by Gasteiger charge is 2.46. The van der Waals surface area contributed by atoms with Crippen molar-refractivity contribution in [2.75, 3.05) is 12.3 Å². The van der Waals surface area contributed by atoms with Crippen LogP contribution in [0.5, 0.6) is 0 Å². The molecule has 10 heteroatoms. The molecule has 2 N–H and O–H groups in total. The Labute approximate surface area is 184 Å². The molecule has 1 saturated heterocycles. The van der Waals surface area contributed by atoms with Gasteiger partial charge in [0, 0.05) is 11.6 Å². The van der Waals surface area contributed by atoms with Crippen LogP contribution in [-0.4, -0.2) is 54.2 Å². The van der Waals surface area contributed by atoms with Crippen molar-refractivity contribution in [1.82, 2.24) is 10.2 Å². The molecule has 0 aromatic heterocycles. The summed E-state index contributed by atoms with van der Waals surface area (Å²) >= 11 is 5.88. The van der Waals surface area contributed by atoms with Crippen LogP contribution in [0.4, 0.5) is 4.79 Å². The van der Waals surface area contributed by atoms with Crippen molar-refractivity contribution in [3.63, 3.8) is 0 Å². The fourth-order valence-electron chi connectivity index (χ4n) is 3.26. The molecule has 3 rings (SSSR count). The van der Waals surface area contributed by atoms with Gasteiger partial charge in [0.05, 0.1) is 16.6 Å². The number of carboxylic acid groups (broad SMARTS) is 1. The number of hydrogen-bond acceptors (Lipinski definition) is 5. The molecule has 1 aliphatic heterocycles. The van der Waals surface area contributed by atoms with Crippen LogP contribution in [0, 0.1) is 5.92 Å². The van der Waals surface area contributed by atoms with E-state index in [0.717, 1.165) is 16.0 Å². The molecule has 0 bridgehead atoms. The Morgan fingerprint density at radius 1 is 1.06 bits per heavy atom. The quantitative estimate of drug-likeness (QED) is 0.608. The fourth-order valence-corrected chi connectivity index (χ4v) is 4.91. The van der Waals surface area contributed by atoms with E-state index in [4.69, 9.17) is 11.6 Å². The minimum Gasteiger partial charge on any atom is -0.481 e. The topological polar surface area (TPSA) is 121 Å². The number of nitrogens with zero attached hydrogens (tertiary/aromatic N) is 1. The summed E-state index contributed by atoms with van der Waals surface area (Å²) in [7, 11) is -3.99. The summed E-state index contributed by atoms with van der Waals surface area (Å²) < 4.78 is 25.6. The summed E-state index contributed by atoms with van der Waals surface area (Å²) in [6, 6.07) is 12.3. The molecule has 0 radical (unpaired) electrons. The average molecular weight is 465 g/mol. The molecule has 2 aromatic carbocycles. The highest BCUT2D eigenvalue weighted by atomic mass is 35.5. The molecule has 8 nitrogen and oxygen atoms in total. The molecule has 1 unspecified atom stereocenters. The summed E-state index contributed by atoms with van der Waals surface area (Å²) in [6.07, 6.45) is 0. The smallest absolute Gasteiger partial charge is 0.325 e. The van der Waals surface area contributed by atoms with Crippen molar-refractivity contribution in [2.45, 2.75) is 24.3 Å². The Bertz CT molecular complexity index is 1130. The van der Waals surface area contributed by atoms with E-state index in [1.54, 1.807) is 36.4 Å². The fraction of sp³-hybridized carbons (Fsp3) is 0.286. The lowest BCUT2D eigenvalue weighted by molar-refractivity contribution is -0.142. The van der Waals surface area contributed by atoms with Gasteiger partial charge in [0.15, 0.2) is 9.84 Å². The van der Waals surface area contributed by atoms with E-state index in [-0.39, 0.29) is 4.90 Å². The second-order valence-corrected chi connectivity index (χ2v) is 10.3. The monoisotopic (exact) mass is 464 g/mol. The van der Waals surface area contributed by atoms with Gasteiger partial charge in [-0.2, -0.15) is 0 Å². The zero-order valence-corrected chi connectivity index (χ0v) is 18.4. The molecule has 31 heavy (non-hydrogen) atoms. The molecule has 0 saturated carbocycles. The minimum absolute atomic E-state index is 0.0472. The SMILES string of the molecule is CC1(C)NC(=O)N(CC(CS(=O)(=O)c2ccc(-c3ccc(Cl)cc3)cc2)C(=O)O)C1=O. The Morgan fingerprint density at radius 3 is 2.03 bits per heavy atom. The van der Waals surface area contributed by atoms with Crippen LogP contribution in [0.15, 0.2) is 53.4 Å². The van der Waals surface area contributed by atoms with E-state index in [1.807, 2.05) is 0 Å². The normalized spacial score (nSPS) is 16.8. The Morgan fingerprint density at radius 2 is 1.58 bits per heavy atom. The lowest BCUT2D eigenvalue weighted by Crippen LogP contribution is -2.42. The summed E-state index contributed by atoms with van der Waals surface area (Å²) in [5.74, 6) is -4.23. The predicted molar refractivity (Wildman–Crippen MR) is 114 cm³/mol. The highest BCUT2D eigenvalue weighted by molar-refractivity contribution is 7.91. The first-order chi connectivity index (χ1) is 14.4. The van der Waals surface area contributed by atoms with Crippen LogP contribution < -0.4 is 5.32 Å². The molecule has 1 fully saturated rings. The second-order valence-electron chi connectivity index (χ2n) is 7.82. The zero-order chi connectivity index (χ0) is 23.0. The third-order valence-electron chi connectivity index (χ3n) is 5.01. The van der Waals surface area contributed by atoms with E-state index in [2.05, 4.69) is 5.32 Å². The third-order valence-corrected chi connectivity index (χ3v) is 7.09. The number of hydrogen-bond donors (Lipinski definition) is 2. The van der Waals surface area contributed by atoms with Crippen molar-refractivity contribution in [1.29, 1.82) is 0 Å². The molecule has 2 aromatic rings. The van der Waals surface area contributed by atoms with Crippen LogP contribution in [0.1, 0.15) is 13.8 Å². The second kappa shape index (κ2) is 8.32. The molecule has 0 aliphatic carbocycles. The number of sulfone groups is 1. The molecule has 1 atom stereocenters. The van der Waals surface area contributed by atoms with Gasteiger partial charge in [-0.15, -0.1) is 0 Å². The predicted octanol–water partition coefficient (Wildman–Crippen LogP) is 2.81. The van der Waals surface area contributed by atoms with Crippen LogP contribution in [-0.2, 0) is 19.4 Å². The van der Waals surface area contributed by atoms with Crippen LogP contribution in [0.3, 0.4) is 0 Å². The lowest BCUT2D eigenvalue weighted by Gasteiger charge is -2.20. The van der Waals surface area contributed by atoms with Gasteiger partial charge in [-0.1, -0.05) is 35.9 Å². The number of amides is 3. The molecule has 164 valence electrons. The molecule has 0 spiro atoms. The first-order valence-electron chi connectivity index (χ1n) is 9.36. The zero-order valence-electron chi connectivity index (χ0n) is 16.8. The summed E-state index contributed by atoms with van der Waals surface area (Å²) in [6.45, 7) is 2.44. The number of urea groups is 1. The number of carbonyl (C=O) groups excluding carboxylic acids is 2. The standard InChI is InChI=1S/C21H21ClN2O6S/c1-21(2)19(27)24(20(28)23-21)11-15(18(25)26)12-31(29,30)17-9-5-14(6-10-17)13-3-7-16(22)8-4-13/h3-10,15H,11-12H2,1-2H3,(H,23,28)(H,25,26). The van der Waals surface area contributed by atoms with Crippen molar-refractivity contribution >= 4 is 39.3 Å². The van der Waals surface area contributed by atoms with Gasteiger partial charge in [-0.25, -0.2) is 13.2 Å². The summed E-state index contributed by atoms with van der Waals surface area (Å²) in [5, 5.41) is 12.5. The number of carboxylic acids is 1. The number of nitrogens with one attached hydrogen (secondary N) is 1. The van der Waals surface area contributed by atoms with Crippen molar-refractivity contribution in [3.8, 4) is 11.1 Å². The highest BCUT2D eigenvalue weighted by Crippen LogP contribution is 2.25. The number of benzene rings is 2. The number of carbonyl (C=O) groups is 3. The average Bonchev–Trinajstić information content (AvgIpc) is 2.89. The third kappa shape index (κ3) is 4.88. The minimum atomic E-state index is -3.99. The number of imide groups is 1. The first-order valence-corrected chi connectivity index (χ1v) is 11.4. The number of aliphatic carboxylic acids is 1. The van der Waals surface area contributed by atoms with Crippen molar-refractivity contribution in [2.24, 2.45) is 5.92 Å². The maximum absolute atomic E-state index is 12.8. The Hall–Kier alpha value is -2.91. The molecule has 1 aliphatic rings. The van der Waals surface area contributed by atoms with Gasteiger partial charge in [0.2, 0.25) is 0 Å². The molecular weight excluding hydrogens is 444 g/mol. The largest absolute Gasteiger partial charge is 0.481 e. The molecular formula is C21H21ClN2O6S. The first kappa shape index (κ1) is 22.8. The molecule has 3 amide bonds. The number of rotatable bonds is 7. The Kier molecular flexibility index (Phi) is 6.11. The van der Waals surface area contributed by atoms with Crippen molar-refractivity contribution < 1.29 is 27.9 Å². The maximum Gasteiger partial charge on any atom is 0.325 e. The van der Waals surface area contributed by atoms with Gasteiger partial charge < -0.3 is 10.4 Å². The van der Waals surface area contributed by atoms with E-state index < -0.39 is 51.5 Å². The van der Waals surface area contributed by atoms with E-state index >= 15 is 0 Å². The van der Waals surface area contributed by atoms with Gasteiger partial charge in [-0.3, -0.25) is 14.5 Å². The maximum atomic E-state index is 12.8. The van der Waals surface area contributed by atoms with Gasteiger partial charge in [-0.05, 0) is 49.2 Å².